The highest BCUT2D eigenvalue weighted by molar-refractivity contribution is 5.73. The van der Waals surface area contributed by atoms with E-state index in [4.69, 9.17) is 47.4 Å². The summed E-state index contributed by atoms with van der Waals surface area (Å²) < 4.78 is 57.9. The molecule has 1 amide bonds. The van der Waals surface area contributed by atoms with Crippen LogP contribution in [0.1, 0.15) is 41.0 Å². The monoisotopic (exact) mass is 863 g/mol. The summed E-state index contributed by atoms with van der Waals surface area (Å²) >= 11 is 0. The predicted molar refractivity (Wildman–Crippen MR) is 188 cm³/mol. The third-order valence-corrected chi connectivity index (χ3v) is 11.1. The molecular formula is C35H61NO23. The third kappa shape index (κ3) is 10.5. The number of carbonyl (C=O) groups is 1. The van der Waals surface area contributed by atoms with E-state index in [2.05, 4.69) is 5.32 Å². The van der Waals surface area contributed by atoms with Crippen molar-refractivity contribution in [3.8, 4) is 0 Å². The van der Waals surface area contributed by atoms with Crippen molar-refractivity contribution in [2.45, 2.75) is 195 Å². The molecule has 5 fully saturated rings. The van der Waals surface area contributed by atoms with Gasteiger partial charge in [-0.15, -0.1) is 0 Å². The molecule has 5 aliphatic heterocycles. The second kappa shape index (κ2) is 20.8. The Balaban J connectivity index is 1.36. The topological polar surface area (TPSA) is 364 Å². The number of nitrogens with one attached hydrogen (secondary N) is 1. The van der Waals surface area contributed by atoms with Crippen LogP contribution in [0, 0.1) is 0 Å². The van der Waals surface area contributed by atoms with Gasteiger partial charge in [0.1, 0.15) is 104 Å². The highest BCUT2D eigenvalue weighted by atomic mass is 16.8. The Morgan fingerprint density at radius 1 is 0.492 bits per heavy atom. The molecule has 59 heavy (non-hydrogen) atoms. The van der Waals surface area contributed by atoms with E-state index in [0.717, 1.165) is 0 Å². The van der Waals surface area contributed by atoms with E-state index >= 15 is 0 Å². The minimum Gasteiger partial charge on any atom is -0.394 e. The Morgan fingerprint density at radius 3 is 1.46 bits per heavy atom. The van der Waals surface area contributed by atoms with Crippen molar-refractivity contribution in [2.75, 3.05) is 19.8 Å². The zero-order valence-electron chi connectivity index (χ0n) is 33.1. The van der Waals surface area contributed by atoms with Gasteiger partial charge in [0, 0.05) is 13.5 Å². The number of ether oxygens (including phenoxy) is 10. The molecule has 0 aromatic carbocycles. The van der Waals surface area contributed by atoms with Crippen LogP contribution < -0.4 is 5.32 Å². The molecular weight excluding hydrogens is 802 g/mol. The fourth-order valence-electron chi connectivity index (χ4n) is 7.59. The summed E-state index contributed by atoms with van der Waals surface area (Å²) in [6.45, 7) is 5.87. The molecule has 5 aliphatic rings. The van der Waals surface area contributed by atoms with Crippen LogP contribution in [0.4, 0.5) is 0 Å². The molecule has 0 bridgehead atoms. The van der Waals surface area contributed by atoms with Crippen molar-refractivity contribution in [3.63, 3.8) is 0 Å². The van der Waals surface area contributed by atoms with Gasteiger partial charge in [0.2, 0.25) is 5.91 Å². The molecule has 0 aromatic heterocycles. The SMILES string of the molecule is CCCO[C@@H]1OC(CO)[C@@H](O)[C@H](O[C@@H]2OC(C)[C@H](O)[C@H](O[C@@H]3OC(C)[C@H](O)[C@H](O)C3O[C@@H]3OC(C)[C@H](O)[C@H](O[C@H]4O[C@@H](CO)[C@@H](O)C(O)C4O)C3O)C2O)C1NC(C)=O. The summed E-state index contributed by atoms with van der Waals surface area (Å²) in [4.78, 5) is 12.2. The molecule has 5 saturated heterocycles. The number of hydrogen-bond donors (Lipinski definition) is 13. The van der Waals surface area contributed by atoms with E-state index in [1.54, 1.807) is 0 Å². The minimum atomic E-state index is -1.97. The van der Waals surface area contributed by atoms with Crippen LogP contribution in [-0.2, 0) is 52.2 Å². The molecule has 5 heterocycles. The molecule has 13 N–H and O–H groups in total. The Morgan fingerprint density at radius 2 is 0.932 bits per heavy atom. The maximum atomic E-state index is 12.2. The van der Waals surface area contributed by atoms with Crippen LogP contribution in [0.5, 0.6) is 0 Å². The maximum absolute atomic E-state index is 12.2. The summed E-state index contributed by atoms with van der Waals surface area (Å²) in [5.41, 5.74) is 0. The first-order chi connectivity index (χ1) is 27.8. The van der Waals surface area contributed by atoms with E-state index in [0.29, 0.717) is 6.42 Å². The Hall–Kier alpha value is -1.41. The molecule has 24 heteroatoms. The largest absolute Gasteiger partial charge is 0.394 e. The van der Waals surface area contributed by atoms with Crippen molar-refractivity contribution in [3.05, 3.63) is 0 Å². The summed E-state index contributed by atoms with van der Waals surface area (Å²) in [5.74, 6) is -0.555. The Labute approximate surface area is 338 Å². The van der Waals surface area contributed by atoms with E-state index in [1.807, 2.05) is 6.92 Å². The van der Waals surface area contributed by atoms with E-state index in [9.17, 15) is 66.1 Å². The number of amides is 1. The van der Waals surface area contributed by atoms with Gasteiger partial charge in [-0.2, -0.15) is 0 Å². The highest BCUT2D eigenvalue weighted by Crippen LogP contribution is 2.36. The Bertz CT molecular complexity index is 1320. The van der Waals surface area contributed by atoms with Crippen LogP contribution >= 0.6 is 0 Å². The predicted octanol–water partition coefficient (Wildman–Crippen LogP) is -7.26. The van der Waals surface area contributed by atoms with Crippen LogP contribution in [0.3, 0.4) is 0 Å². The molecule has 24 nitrogen and oxygen atoms in total. The minimum absolute atomic E-state index is 0.168. The Kier molecular flexibility index (Phi) is 17.2. The lowest BCUT2D eigenvalue weighted by Gasteiger charge is -2.50. The number of hydrogen-bond acceptors (Lipinski definition) is 23. The second-order valence-electron chi connectivity index (χ2n) is 15.5. The van der Waals surface area contributed by atoms with Gasteiger partial charge in [-0.1, -0.05) is 6.92 Å². The van der Waals surface area contributed by atoms with Crippen molar-refractivity contribution >= 4 is 5.91 Å². The average Bonchev–Trinajstić information content (AvgIpc) is 3.20. The molecule has 0 spiro atoms. The molecule has 25 atom stereocenters. The first-order valence-corrected chi connectivity index (χ1v) is 19.6. The fourth-order valence-corrected chi connectivity index (χ4v) is 7.59. The van der Waals surface area contributed by atoms with Crippen LogP contribution in [0.15, 0.2) is 0 Å². The number of carbonyl (C=O) groups excluding carboxylic acids is 1. The van der Waals surface area contributed by atoms with E-state index in [1.165, 1.54) is 27.7 Å². The van der Waals surface area contributed by atoms with Gasteiger partial charge in [0.15, 0.2) is 31.5 Å². The molecule has 0 aromatic rings. The maximum Gasteiger partial charge on any atom is 0.217 e. The lowest BCUT2D eigenvalue weighted by molar-refractivity contribution is -0.396. The van der Waals surface area contributed by atoms with Crippen molar-refractivity contribution < 1.29 is 113 Å². The highest BCUT2D eigenvalue weighted by Gasteiger charge is 2.56. The van der Waals surface area contributed by atoms with Crippen molar-refractivity contribution in [1.29, 1.82) is 0 Å². The van der Waals surface area contributed by atoms with Crippen molar-refractivity contribution in [1.82, 2.24) is 5.32 Å². The summed E-state index contributed by atoms with van der Waals surface area (Å²) in [6, 6.07) is -1.19. The van der Waals surface area contributed by atoms with Gasteiger partial charge in [0.25, 0.3) is 0 Å². The third-order valence-electron chi connectivity index (χ3n) is 11.1. The number of aliphatic hydroxyl groups excluding tert-OH is 12. The first-order valence-electron chi connectivity index (χ1n) is 19.6. The van der Waals surface area contributed by atoms with E-state index in [-0.39, 0.29) is 6.61 Å². The summed E-state index contributed by atoms with van der Waals surface area (Å²) in [7, 11) is 0. The molecule has 0 saturated carbocycles. The van der Waals surface area contributed by atoms with Crippen LogP contribution in [-0.4, -0.2) is 240 Å². The van der Waals surface area contributed by atoms with Gasteiger partial charge in [-0.25, -0.2) is 0 Å². The zero-order valence-corrected chi connectivity index (χ0v) is 33.1. The molecule has 10 unspecified atom stereocenters. The lowest BCUT2D eigenvalue weighted by atomic mass is 9.95. The summed E-state index contributed by atoms with van der Waals surface area (Å²) in [6.07, 6.45) is -38.2. The zero-order chi connectivity index (χ0) is 43.6. The number of rotatable bonds is 14. The smallest absolute Gasteiger partial charge is 0.217 e. The first kappa shape index (κ1) is 48.6. The van der Waals surface area contributed by atoms with Crippen LogP contribution in [0.2, 0.25) is 0 Å². The van der Waals surface area contributed by atoms with Gasteiger partial charge < -0.3 is 114 Å². The standard InChI is InChI=1S/C35H61NO23/c1-6-7-50-31-16(36-13(5)39)27(21(44)15(9-38)54-31)56-33-26(49)29(19(42)12(4)51-33)58-35-30(23(46)17(40)10(2)53-35)59-34-25(48)28(18(41)11(3)52-34)57-32-24(47)22(45)20(43)14(8-37)55-32/h10-12,14-35,37-38,40-49H,6-9H2,1-5H3,(H,36,39)/t10?,11?,12?,14-,15?,16?,17-,18-,19-,20+,21+,22?,23-,24?,25?,26?,27+,28-,29-,30?,31+,32+,33-,34-,35-/m0/s1. The quantitative estimate of drug-likeness (QED) is 0.0771. The van der Waals surface area contributed by atoms with Gasteiger partial charge >= 0.3 is 0 Å². The molecule has 0 aliphatic carbocycles. The molecule has 0 radical (unpaired) electrons. The average molecular weight is 864 g/mol. The van der Waals surface area contributed by atoms with Crippen LogP contribution in [0.25, 0.3) is 0 Å². The van der Waals surface area contributed by atoms with Gasteiger partial charge in [-0.3, -0.25) is 4.79 Å². The van der Waals surface area contributed by atoms with Gasteiger partial charge in [-0.05, 0) is 27.2 Å². The number of aliphatic hydroxyl groups is 12. The summed E-state index contributed by atoms with van der Waals surface area (Å²) in [5, 5.41) is 131. The fraction of sp³-hybridized carbons (Fsp3) is 0.971. The van der Waals surface area contributed by atoms with Crippen molar-refractivity contribution in [2.24, 2.45) is 0 Å². The second-order valence-corrected chi connectivity index (χ2v) is 15.5. The molecule has 344 valence electrons. The lowest BCUT2D eigenvalue weighted by Crippen LogP contribution is -2.68. The van der Waals surface area contributed by atoms with E-state index < -0.39 is 173 Å². The molecule has 5 rings (SSSR count). The normalized spacial score (nSPS) is 51.0. The van der Waals surface area contributed by atoms with Gasteiger partial charge in [0.05, 0.1) is 31.5 Å².